The minimum Gasteiger partial charge on any atom is -0.491 e. The lowest BCUT2D eigenvalue weighted by Crippen LogP contribution is -2.40. The fraction of sp³-hybridized carbons (Fsp3) is 0.333. The summed E-state index contributed by atoms with van der Waals surface area (Å²) in [5, 5.41) is 0. The van der Waals surface area contributed by atoms with Crippen LogP contribution in [0.3, 0.4) is 0 Å². The number of para-hydroxylation sites is 1. The first-order valence-electron chi connectivity index (χ1n) is 13.3. The van der Waals surface area contributed by atoms with E-state index in [-0.39, 0.29) is 37.1 Å². The molecule has 2 heterocycles. The summed E-state index contributed by atoms with van der Waals surface area (Å²) in [6.07, 6.45) is 1.62. The van der Waals surface area contributed by atoms with Crippen molar-refractivity contribution in [1.29, 1.82) is 0 Å². The molecule has 0 aliphatic carbocycles. The van der Waals surface area contributed by atoms with E-state index < -0.39 is 18.0 Å². The molecule has 0 amide bonds. The monoisotopic (exact) mass is 720 g/mol. The summed E-state index contributed by atoms with van der Waals surface area (Å²) in [4.78, 5) is 44.1. The largest absolute Gasteiger partial charge is 0.491 e. The topological polar surface area (TPSA) is 105 Å². The quantitative estimate of drug-likeness (QED) is 0.270. The lowest BCUT2D eigenvalue weighted by molar-refractivity contribution is -0.145. The number of carbonyl (C=O) groups excluding carboxylic acids is 2. The Kier molecular flexibility index (Phi) is 10.4. The summed E-state index contributed by atoms with van der Waals surface area (Å²) in [5.74, 6) is -0.0227. The zero-order chi connectivity index (χ0) is 30.6. The van der Waals surface area contributed by atoms with Gasteiger partial charge in [-0.15, -0.1) is 0 Å². The van der Waals surface area contributed by atoms with Crippen molar-refractivity contribution in [3.05, 3.63) is 87.4 Å². The highest BCUT2D eigenvalue weighted by Gasteiger charge is 2.35. The molecule has 0 radical (unpaired) electrons. The zero-order valence-corrected chi connectivity index (χ0v) is 27.7. The van der Waals surface area contributed by atoms with Gasteiger partial charge in [0.25, 0.3) is 5.56 Å². The van der Waals surface area contributed by atoms with Gasteiger partial charge in [-0.25, -0.2) is 14.6 Å². The van der Waals surface area contributed by atoms with Crippen LogP contribution in [0, 0.1) is 0 Å². The van der Waals surface area contributed by atoms with Crippen LogP contribution in [0.1, 0.15) is 51.8 Å². The zero-order valence-electron chi connectivity index (χ0n) is 23.7. The van der Waals surface area contributed by atoms with Crippen LogP contribution in [-0.2, 0) is 19.1 Å². The van der Waals surface area contributed by atoms with E-state index >= 15 is 0 Å². The van der Waals surface area contributed by atoms with Crippen LogP contribution in [0.2, 0.25) is 0 Å². The second-order valence-electron chi connectivity index (χ2n) is 9.41. The van der Waals surface area contributed by atoms with Crippen LogP contribution in [0.25, 0.3) is 6.08 Å². The molecule has 9 nitrogen and oxygen atoms in total. The van der Waals surface area contributed by atoms with Crippen LogP contribution in [0.4, 0.5) is 0 Å². The van der Waals surface area contributed by atoms with Gasteiger partial charge >= 0.3 is 11.9 Å². The molecule has 0 unspecified atom stereocenters. The molecule has 222 valence electrons. The van der Waals surface area contributed by atoms with Crippen LogP contribution in [0.5, 0.6) is 11.5 Å². The number of benzene rings is 2. The maximum Gasteiger partial charge on any atom is 0.344 e. The summed E-state index contributed by atoms with van der Waals surface area (Å²) in [5.41, 5.74) is 1.80. The molecule has 1 atom stereocenters. The molecule has 1 aromatic heterocycles. The Hall–Kier alpha value is -3.22. The number of halogens is 2. The van der Waals surface area contributed by atoms with Gasteiger partial charge in [-0.05, 0) is 96.3 Å². The van der Waals surface area contributed by atoms with Gasteiger partial charge in [-0.2, -0.15) is 0 Å². The van der Waals surface area contributed by atoms with Gasteiger partial charge in [0.2, 0.25) is 0 Å². The Morgan fingerprint density at radius 3 is 2.40 bits per heavy atom. The highest BCUT2D eigenvalue weighted by Crippen LogP contribution is 2.37. The Morgan fingerprint density at radius 2 is 1.76 bits per heavy atom. The Labute approximate surface area is 263 Å². The van der Waals surface area contributed by atoms with Gasteiger partial charge in [-0.1, -0.05) is 29.5 Å². The molecule has 1 aliphatic heterocycles. The van der Waals surface area contributed by atoms with E-state index in [1.807, 2.05) is 38.1 Å². The lowest BCUT2D eigenvalue weighted by Gasteiger charge is -2.26. The smallest absolute Gasteiger partial charge is 0.344 e. The minimum absolute atomic E-state index is 0.126. The predicted molar refractivity (Wildman–Crippen MR) is 167 cm³/mol. The first-order chi connectivity index (χ1) is 20.0. The van der Waals surface area contributed by atoms with E-state index in [0.717, 1.165) is 0 Å². The molecule has 0 saturated heterocycles. The van der Waals surface area contributed by atoms with E-state index in [1.54, 1.807) is 39.0 Å². The number of hydrogen-bond acceptors (Lipinski definition) is 9. The summed E-state index contributed by atoms with van der Waals surface area (Å²) >= 11 is 8.20. The summed E-state index contributed by atoms with van der Waals surface area (Å²) in [6, 6.07) is 10.1. The number of carbonyl (C=O) groups is 2. The van der Waals surface area contributed by atoms with Gasteiger partial charge in [0, 0.05) is 5.56 Å². The molecule has 0 spiro atoms. The number of thiazole rings is 1. The maximum absolute atomic E-state index is 14.0. The van der Waals surface area contributed by atoms with Crippen molar-refractivity contribution in [2.75, 3.05) is 19.8 Å². The molecule has 4 rings (SSSR count). The number of aromatic nitrogens is 1. The second kappa shape index (κ2) is 13.8. The number of allylic oxidation sites excluding steroid dienone is 1. The summed E-state index contributed by atoms with van der Waals surface area (Å²) in [6.45, 7) is 9.23. The number of hydrogen-bond donors (Lipinski definition) is 0. The van der Waals surface area contributed by atoms with Crippen molar-refractivity contribution in [3.63, 3.8) is 0 Å². The van der Waals surface area contributed by atoms with Crippen LogP contribution in [-0.4, -0.2) is 42.4 Å². The normalized spacial score (nSPS) is 14.9. The van der Waals surface area contributed by atoms with Gasteiger partial charge in [0.15, 0.2) is 11.4 Å². The lowest BCUT2D eigenvalue weighted by atomic mass is 9.95. The third kappa shape index (κ3) is 6.87. The van der Waals surface area contributed by atoms with Crippen molar-refractivity contribution < 1.29 is 28.5 Å². The SMILES string of the molecule is CCOC(=O)COc1c(Br)cc(/C=c2/sc3n(c2=O)[C@@H](c2ccccc2OC(C)C)C(C(=O)OCC)=C(C)N=3)cc1Br. The highest BCUT2D eigenvalue weighted by molar-refractivity contribution is 9.11. The molecule has 0 N–H and O–H groups in total. The first-order valence-corrected chi connectivity index (χ1v) is 15.7. The van der Waals surface area contributed by atoms with E-state index in [2.05, 4.69) is 36.9 Å². The maximum atomic E-state index is 14.0. The Bertz CT molecular complexity index is 1700. The fourth-order valence-electron chi connectivity index (χ4n) is 4.44. The van der Waals surface area contributed by atoms with Crippen LogP contribution < -0.4 is 24.4 Å². The molecule has 2 aromatic carbocycles. The summed E-state index contributed by atoms with van der Waals surface area (Å²) < 4.78 is 25.1. The van der Waals surface area contributed by atoms with Crippen molar-refractivity contribution in [1.82, 2.24) is 4.57 Å². The van der Waals surface area contributed by atoms with E-state index in [0.29, 0.717) is 46.6 Å². The number of fused-ring (bicyclic) bond motifs is 1. The average Bonchev–Trinajstić information content (AvgIpc) is 3.21. The predicted octanol–water partition coefficient (Wildman–Crippen LogP) is 5.05. The molecule has 3 aromatic rings. The number of esters is 2. The molecule has 0 saturated carbocycles. The van der Waals surface area contributed by atoms with Gasteiger partial charge in [-0.3, -0.25) is 9.36 Å². The summed E-state index contributed by atoms with van der Waals surface area (Å²) in [7, 11) is 0. The molecule has 0 bridgehead atoms. The van der Waals surface area contributed by atoms with Crippen LogP contribution in [0.15, 0.2) is 66.4 Å². The highest BCUT2D eigenvalue weighted by atomic mass is 79.9. The average molecular weight is 722 g/mol. The number of nitrogens with zero attached hydrogens (tertiary/aromatic N) is 2. The minimum atomic E-state index is -0.797. The van der Waals surface area contributed by atoms with Gasteiger partial charge < -0.3 is 18.9 Å². The van der Waals surface area contributed by atoms with Crippen molar-refractivity contribution in [2.24, 2.45) is 4.99 Å². The van der Waals surface area contributed by atoms with Crippen molar-refractivity contribution in [3.8, 4) is 11.5 Å². The van der Waals surface area contributed by atoms with Crippen molar-refractivity contribution >= 4 is 61.2 Å². The fourth-order valence-corrected chi connectivity index (χ4v) is 6.94. The van der Waals surface area contributed by atoms with E-state index in [4.69, 9.17) is 18.9 Å². The molecule has 42 heavy (non-hydrogen) atoms. The van der Waals surface area contributed by atoms with Crippen molar-refractivity contribution in [2.45, 2.75) is 46.8 Å². The second-order valence-corrected chi connectivity index (χ2v) is 12.1. The molecular weight excluding hydrogens is 692 g/mol. The third-order valence-corrected chi connectivity index (χ3v) is 8.21. The Morgan fingerprint density at radius 1 is 1.10 bits per heavy atom. The molecular formula is C30H30Br2N2O7S. The molecule has 0 fully saturated rings. The number of ether oxygens (including phenoxy) is 4. The molecule has 12 heteroatoms. The van der Waals surface area contributed by atoms with E-state index in [9.17, 15) is 14.4 Å². The third-order valence-electron chi connectivity index (χ3n) is 6.05. The Balaban J connectivity index is 1.84. The van der Waals surface area contributed by atoms with Gasteiger partial charge in [0.1, 0.15) is 17.5 Å². The standard InChI is InChI=1S/C30H30Br2N2O7S/c1-6-38-24(35)15-40-27-20(31)12-18(13-21(27)32)14-23-28(36)34-26(19-10-8-9-11-22(19)41-16(3)4)25(29(37)39-7-2)17(5)33-30(34)42-23/h8-14,16,26H,6-7,15H2,1-5H3/b23-14+/t26-/m0/s1. The van der Waals surface area contributed by atoms with Gasteiger partial charge in [0.05, 0.1) is 44.1 Å². The first kappa shape index (κ1) is 31.7. The number of rotatable bonds is 10. The van der Waals surface area contributed by atoms with Crippen LogP contribution >= 0.6 is 43.2 Å². The van der Waals surface area contributed by atoms with E-state index in [1.165, 1.54) is 15.9 Å². The molecule has 1 aliphatic rings.